The molecular formula is C12H15ClFNOS. The number of nitrogens with one attached hydrogen (secondary N) is 1. The Morgan fingerprint density at radius 3 is 2.94 bits per heavy atom. The van der Waals surface area contributed by atoms with Crippen molar-refractivity contribution >= 4 is 29.3 Å². The van der Waals surface area contributed by atoms with Crippen molar-refractivity contribution in [1.29, 1.82) is 0 Å². The molecule has 0 aliphatic heterocycles. The summed E-state index contributed by atoms with van der Waals surface area (Å²) in [5.74, 6) is 0.117. The highest BCUT2D eigenvalue weighted by molar-refractivity contribution is 7.98. The standard InChI is InChI=1S/C12H15ClFNOS/c1-17-7-3-2-6-15-12(16)10-8-9(13)4-5-11(10)14/h4-5,8H,2-3,6-7H2,1H3,(H,15,16). The number of benzene rings is 1. The Morgan fingerprint density at radius 1 is 1.47 bits per heavy atom. The number of hydrogen-bond acceptors (Lipinski definition) is 2. The van der Waals surface area contributed by atoms with E-state index in [1.54, 1.807) is 11.8 Å². The van der Waals surface area contributed by atoms with Gasteiger partial charge in [0.2, 0.25) is 0 Å². The summed E-state index contributed by atoms with van der Waals surface area (Å²) in [6, 6.07) is 3.96. The van der Waals surface area contributed by atoms with E-state index in [-0.39, 0.29) is 5.56 Å². The molecule has 0 aliphatic rings. The van der Waals surface area contributed by atoms with E-state index in [1.807, 2.05) is 6.26 Å². The van der Waals surface area contributed by atoms with E-state index in [4.69, 9.17) is 11.6 Å². The zero-order valence-electron chi connectivity index (χ0n) is 9.63. The van der Waals surface area contributed by atoms with Crippen LogP contribution in [0, 0.1) is 5.82 Å². The normalized spacial score (nSPS) is 10.3. The van der Waals surface area contributed by atoms with Crippen molar-refractivity contribution in [2.45, 2.75) is 12.8 Å². The van der Waals surface area contributed by atoms with E-state index in [0.29, 0.717) is 11.6 Å². The summed E-state index contributed by atoms with van der Waals surface area (Å²) < 4.78 is 13.3. The predicted octanol–water partition coefficient (Wildman–Crippen LogP) is 3.35. The molecule has 0 spiro atoms. The molecule has 0 radical (unpaired) electrons. The van der Waals surface area contributed by atoms with E-state index >= 15 is 0 Å². The zero-order valence-corrected chi connectivity index (χ0v) is 11.2. The van der Waals surface area contributed by atoms with Crippen LogP contribution >= 0.6 is 23.4 Å². The first-order valence-electron chi connectivity index (χ1n) is 5.37. The molecule has 17 heavy (non-hydrogen) atoms. The smallest absolute Gasteiger partial charge is 0.254 e. The lowest BCUT2D eigenvalue weighted by molar-refractivity contribution is 0.0949. The zero-order chi connectivity index (χ0) is 12.7. The summed E-state index contributed by atoms with van der Waals surface area (Å²) in [4.78, 5) is 11.6. The molecule has 0 bridgehead atoms. The van der Waals surface area contributed by atoms with Crippen molar-refractivity contribution in [3.8, 4) is 0 Å². The predicted molar refractivity (Wildman–Crippen MR) is 71.4 cm³/mol. The Kier molecular flexibility index (Phi) is 6.37. The molecule has 1 aromatic rings. The molecule has 2 nitrogen and oxygen atoms in total. The summed E-state index contributed by atoms with van der Waals surface area (Å²) in [5.41, 5.74) is 0.00219. The SMILES string of the molecule is CSCCCCNC(=O)c1cc(Cl)ccc1F. The minimum absolute atomic E-state index is 0.00219. The first kappa shape index (κ1) is 14.3. The molecule has 1 aromatic carbocycles. The summed E-state index contributed by atoms with van der Waals surface area (Å²) in [6.07, 6.45) is 3.98. The molecule has 0 saturated carbocycles. The third-order valence-corrected chi connectivity index (χ3v) is 3.17. The van der Waals surface area contributed by atoms with Crippen molar-refractivity contribution in [3.63, 3.8) is 0 Å². The van der Waals surface area contributed by atoms with Gasteiger partial charge < -0.3 is 5.32 Å². The van der Waals surface area contributed by atoms with Crippen LogP contribution in [0.3, 0.4) is 0 Å². The van der Waals surface area contributed by atoms with Gasteiger partial charge in [0.25, 0.3) is 5.91 Å². The average Bonchev–Trinajstić information content (AvgIpc) is 2.32. The van der Waals surface area contributed by atoms with Crippen LogP contribution in [0.4, 0.5) is 4.39 Å². The van der Waals surface area contributed by atoms with Crippen LogP contribution in [-0.4, -0.2) is 24.5 Å². The minimum atomic E-state index is -0.545. The van der Waals surface area contributed by atoms with Gasteiger partial charge in [-0.1, -0.05) is 11.6 Å². The van der Waals surface area contributed by atoms with E-state index < -0.39 is 11.7 Å². The number of carbonyl (C=O) groups excluding carboxylic acids is 1. The quantitative estimate of drug-likeness (QED) is 0.807. The third kappa shape index (κ3) is 4.96. The van der Waals surface area contributed by atoms with Gasteiger partial charge in [-0.15, -0.1) is 0 Å². The number of thioether (sulfide) groups is 1. The highest BCUT2D eigenvalue weighted by atomic mass is 35.5. The van der Waals surface area contributed by atoms with E-state index in [9.17, 15) is 9.18 Å². The van der Waals surface area contributed by atoms with Gasteiger partial charge in [-0.25, -0.2) is 4.39 Å². The van der Waals surface area contributed by atoms with Crippen LogP contribution in [0.2, 0.25) is 5.02 Å². The van der Waals surface area contributed by atoms with Gasteiger partial charge in [-0.05, 0) is 43.0 Å². The fourth-order valence-electron chi connectivity index (χ4n) is 1.34. The maximum atomic E-state index is 13.3. The second-order valence-electron chi connectivity index (χ2n) is 3.58. The highest BCUT2D eigenvalue weighted by Gasteiger charge is 2.11. The second kappa shape index (κ2) is 7.56. The van der Waals surface area contributed by atoms with E-state index in [1.165, 1.54) is 18.2 Å². The number of rotatable bonds is 6. The van der Waals surface area contributed by atoms with Gasteiger partial charge in [-0.2, -0.15) is 11.8 Å². The molecule has 0 aromatic heterocycles. The van der Waals surface area contributed by atoms with Crippen molar-refractivity contribution < 1.29 is 9.18 Å². The summed E-state index contributed by atoms with van der Waals surface area (Å²) in [6.45, 7) is 0.561. The van der Waals surface area contributed by atoms with Gasteiger partial charge in [0.05, 0.1) is 5.56 Å². The van der Waals surface area contributed by atoms with Gasteiger partial charge >= 0.3 is 0 Å². The van der Waals surface area contributed by atoms with Crippen LogP contribution in [0.25, 0.3) is 0 Å². The monoisotopic (exact) mass is 275 g/mol. The molecule has 1 amide bonds. The molecule has 1 N–H and O–H groups in total. The Labute approximate surface area is 110 Å². The van der Waals surface area contributed by atoms with Crippen LogP contribution in [-0.2, 0) is 0 Å². The first-order valence-corrected chi connectivity index (χ1v) is 7.14. The molecule has 0 aliphatic carbocycles. The largest absolute Gasteiger partial charge is 0.352 e. The lowest BCUT2D eigenvalue weighted by Crippen LogP contribution is -2.25. The van der Waals surface area contributed by atoms with Gasteiger partial charge in [0.15, 0.2) is 0 Å². The fourth-order valence-corrected chi connectivity index (χ4v) is 2.00. The van der Waals surface area contributed by atoms with E-state index in [0.717, 1.165) is 18.6 Å². The Morgan fingerprint density at radius 2 is 2.24 bits per heavy atom. The molecule has 1 rings (SSSR count). The molecule has 0 fully saturated rings. The molecule has 0 unspecified atom stereocenters. The lowest BCUT2D eigenvalue weighted by atomic mass is 10.2. The fraction of sp³-hybridized carbons (Fsp3) is 0.417. The number of unbranched alkanes of at least 4 members (excludes halogenated alkanes) is 1. The average molecular weight is 276 g/mol. The van der Waals surface area contributed by atoms with Crippen molar-refractivity contribution in [2.24, 2.45) is 0 Å². The van der Waals surface area contributed by atoms with Crippen LogP contribution in [0.5, 0.6) is 0 Å². The summed E-state index contributed by atoms with van der Waals surface area (Å²) in [5, 5.41) is 3.04. The molecular weight excluding hydrogens is 261 g/mol. The number of hydrogen-bond donors (Lipinski definition) is 1. The van der Waals surface area contributed by atoms with Crippen molar-refractivity contribution in [1.82, 2.24) is 5.32 Å². The highest BCUT2D eigenvalue weighted by Crippen LogP contribution is 2.14. The number of carbonyl (C=O) groups is 1. The number of amides is 1. The van der Waals surface area contributed by atoms with E-state index in [2.05, 4.69) is 5.32 Å². The molecule has 0 heterocycles. The maximum Gasteiger partial charge on any atom is 0.254 e. The lowest BCUT2D eigenvalue weighted by Gasteiger charge is -2.06. The Bertz CT molecular complexity index is 387. The molecule has 94 valence electrons. The Balaban J connectivity index is 2.44. The number of halogens is 2. The van der Waals surface area contributed by atoms with Crippen LogP contribution in [0.15, 0.2) is 18.2 Å². The van der Waals surface area contributed by atoms with Crippen molar-refractivity contribution in [2.75, 3.05) is 18.6 Å². The topological polar surface area (TPSA) is 29.1 Å². The molecule has 0 saturated heterocycles. The molecule has 0 atom stereocenters. The first-order chi connectivity index (χ1) is 8.15. The third-order valence-electron chi connectivity index (χ3n) is 2.23. The summed E-state index contributed by atoms with van der Waals surface area (Å²) in [7, 11) is 0. The summed E-state index contributed by atoms with van der Waals surface area (Å²) >= 11 is 7.49. The minimum Gasteiger partial charge on any atom is -0.352 e. The van der Waals surface area contributed by atoms with Crippen molar-refractivity contribution in [3.05, 3.63) is 34.6 Å². The second-order valence-corrected chi connectivity index (χ2v) is 5.00. The van der Waals surface area contributed by atoms with Crippen LogP contribution < -0.4 is 5.32 Å². The van der Waals surface area contributed by atoms with Gasteiger partial charge in [0, 0.05) is 11.6 Å². The Hall–Kier alpha value is -0.740. The van der Waals surface area contributed by atoms with Gasteiger partial charge in [0.1, 0.15) is 5.82 Å². The molecule has 5 heteroatoms. The van der Waals surface area contributed by atoms with Crippen LogP contribution in [0.1, 0.15) is 23.2 Å². The maximum absolute atomic E-state index is 13.3. The van der Waals surface area contributed by atoms with Gasteiger partial charge in [-0.3, -0.25) is 4.79 Å².